The maximum atomic E-state index is 12.8. The molecule has 1 amide bonds. The highest BCUT2D eigenvalue weighted by Gasteiger charge is 2.13. The van der Waals surface area contributed by atoms with E-state index >= 15 is 0 Å². The number of nitrogens with zero attached hydrogens (tertiary/aromatic N) is 1. The van der Waals surface area contributed by atoms with Gasteiger partial charge in [-0.05, 0) is 74.3 Å². The van der Waals surface area contributed by atoms with Gasteiger partial charge in [0, 0.05) is 54.9 Å². The largest absolute Gasteiger partial charge is 0.384 e. The number of carbonyl (C=O) groups is 1. The van der Waals surface area contributed by atoms with Crippen molar-refractivity contribution < 1.29 is 4.79 Å². The summed E-state index contributed by atoms with van der Waals surface area (Å²) in [5.41, 5.74) is 4.31. The van der Waals surface area contributed by atoms with Crippen LogP contribution in [0, 0.1) is 0 Å². The molecule has 7 heteroatoms. The average Bonchev–Trinajstić information content (AvgIpc) is 2.86. The molecule has 2 aromatic carbocycles. The van der Waals surface area contributed by atoms with Crippen LogP contribution in [0.15, 0.2) is 65.6 Å². The van der Waals surface area contributed by atoms with E-state index in [2.05, 4.69) is 25.8 Å². The number of anilines is 3. The fraction of sp³-hybridized carbons (Fsp3) is 0.308. The second-order valence-corrected chi connectivity index (χ2v) is 8.29. The Morgan fingerprint density at radius 3 is 2.52 bits per heavy atom. The molecule has 4 N–H and O–H groups in total. The van der Waals surface area contributed by atoms with E-state index in [0.29, 0.717) is 5.56 Å². The molecule has 1 aliphatic heterocycles. The molecule has 1 aromatic heterocycles. The molecule has 33 heavy (non-hydrogen) atoms. The summed E-state index contributed by atoms with van der Waals surface area (Å²) in [6.45, 7) is 3.78. The lowest BCUT2D eigenvalue weighted by atomic mass is 10.1. The van der Waals surface area contributed by atoms with Gasteiger partial charge in [-0.3, -0.25) is 9.59 Å². The van der Waals surface area contributed by atoms with E-state index in [4.69, 9.17) is 0 Å². The van der Waals surface area contributed by atoms with Gasteiger partial charge in [-0.2, -0.15) is 0 Å². The SMILES string of the molecule is CNCCNc1cccc(-c2c[nH]c(=O)c(NC(=O)c3ccc(N4CCCCC4)cc3)c2)c1. The number of rotatable bonds is 8. The monoisotopic (exact) mass is 445 g/mol. The molecule has 0 aliphatic carbocycles. The van der Waals surface area contributed by atoms with Gasteiger partial charge in [0.1, 0.15) is 5.69 Å². The summed E-state index contributed by atoms with van der Waals surface area (Å²) >= 11 is 0. The molecule has 0 bridgehead atoms. The van der Waals surface area contributed by atoms with Crippen molar-refractivity contribution in [3.05, 3.63) is 76.7 Å². The van der Waals surface area contributed by atoms with Gasteiger partial charge in [-0.15, -0.1) is 0 Å². The van der Waals surface area contributed by atoms with E-state index in [0.717, 1.165) is 48.7 Å². The molecule has 172 valence electrons. The molecule has 1 aliphatic rings. The molecule has 1 fully saturated rings. The molecule has 2 heterocycles. The second-order valence-electron chi connectivity index (χ2n) is 8.29. The lowest BCUT2D eigenvalue weighted by molar-refractivity contribution is 0.102. The second kappa shape index (κ2) is 10.8. The lowest BCUT2D eigenvalue weighted by Gasteiger charge is -2.28. The molecule has 3 aromatic rings. The average molecular weight is 446 g/mol. The zero-order valence-corrected chi connectivity index (χ0v) is 19.0. The van der Waals surface area contributed by atoms with Crippen LogP contribution in [0.4, 0.5) is 17.1 Å². The normalized spacial score (nSPS) is 13.5. The number of nitrogens with one attached hydrogen (secondary N) is 4. The highest BCUT2D eigenvalue weighted by molar-refractivity contribution is 6.04. The molecular formula is C26H31N5O2. The first kappa shape index (κ1) is 22.6. The van der Waals surface area contributed by atoms with Gasteiger partial charge < -0.3 is 25.8 Å². The number of aromatic amines is 1. The Labute approximate surface area is 194 Å². The number of hydrogen-bond donors (Lipinski definition) is 4. The van der Waals surface area contributed by atoms with E-state index in [1.807, 2.05) is 55.6 Å². The Balaban J connectivity index is 1.47. The third-order valence-corrected chi connectivity index (χ3v) is 5.90. The number of benzene rings is 2. The summed E-state index contributed by atoms with van der Waals surface area (Å²) in [6.07, 6.45) is 5.35. The van der Waals surface area contributed by atoms with Crippen molar-refractivity contribution in [1.82, 2.24) is 10.3 Å². The molecule has 1 saturated heterocycles. The van der Waals surface area contributed by atoms with Crippen molar-refractivity contribution >= 4 is 23.0 Å². The maximum absolute atomic E-state index is 12.8. The summed E-state index contributed by atoms with van der Waals surface area (Å²) in [5, 5.41) is 9.23. The van der Waals surface area contributed by atoms with Crippen molar-refractivity contribution in [2.45, 2.75) is 19.3 Å². The van der Waals surface area contributed by atoms with Crippen LogP contribution in [-0.4, -0.2) is 44.1 Å². The van der Waals surface area contributed by atoms with Crippen molar-refractivity contribution in [2.75, 3.05) is 48.8 Å². The van der Waals surface area contributed by atoms with Crippen LogP contribution in [0.3, 0.4) is 0 Å². The molecule has 4 rings (SSSR count). The van der Waals surface area contributed by atoms with Crippen LogP contribution in [0.25, 0.3) is 11.1 Å². The zero-order valence-electron chi connectivity index (χ0n) is 19.0. The Hall–Kier alpha value is -3.58. The van der Waals surface area contributed by atoms with Crippen LogP contribution < -0.4 is 26.4 Å². The molecule has 0 radical (unpaired) electrons. The van der Waals surface area contributed by atoms with Gasteiger partial charge in [0.05, 0.1) is 0 Å². The molecule has 7 nitrogen and oxygen atoms in total. The first-order valence-corrected chi connectivity index (χ1v) is 11.5. The van der Waals surface area contributed by atoms with Crippen molar-refractivity contribution in [1.29, 1.82) is 0 Å². The Kier molecular flexibility index (Phi) is 7.42. The molecule has 0 unspecified atom stereocenters. The third-order valence-electron chi connectivity index (χ3n) is 5.90. The van der Waals surface area contributed by atoms with E-state index in [1.165, 1.54) is 19.3 Å². The van der Waals surface area contributed by atoms with E-state index in [9.17, 15) is 9.59 Å². The number of likely N-dealkylation sites (N-methyl/N-ethyl adjacent to an activating group) is 1. The molecule has 0 saturated carbocycles. The predicted octanol–water partition coefficient (Wildman–Crippen LogP) is 3.92. The number of pyridine rings is 1. The number of aromatic nitrogens is 1. The number of amides is 1. The Morgan fingerprint density at radius 2 is 1.76 bits per heavy atom. The van der Waals surface area contributed by atoms with Crippen LogP contribution in [0.2, 0.25) is 0 Å². The molecule has 0 atom stereocenters. The van der Waals surface area contributed by atoms with Crippen LogP contribution in [-0.2, 0) is 0 Å². The fourth-order valence-electron chi connectivity index (χ4n) is 4.05. The molecular weight excluding hydrogens is 414 g/mol. The van der Waals surface area contributed by atoms with Crippen molar-refractivity contribution in [3.63, 3.8) is 0 Å². The Bertz CT molecular complexity index is 1130. The van der Waals surface area contributed by atoms with Crippen molar-refractivity contribution in [2.24, 2.45) is 0 Å². The third kappa shape index (κ3) is 5.81. The van der Waals surface area contributed by atoms with Gasteiger partial charge in [-0.1, -0.05) is 12.1 Å². The summed E-state index contributed by atoms with van der Waals surface area (Å²) in [7, 11) is 1.91. The zero-order chi connectivity index (χ0) is 23.0. The minimum atomic E-state index is -0.333. The van der Waals surface area contributed by atoms with Crippen LogP contribution >= 0.6 is 0 Å². The summed E-state index contributed by atoms with van der Waals surface area (Å²) < 4.78 is 0. The first-order valence-electron chi connectivity index (χ1n) is 11.5. The smallest absolute Gasteiger partial charge is 0.271 e. The van der Waals surface area contributed by atoms with E-state index < -0.39 is 0 Å². The number of carbonyl (C=O) groups excluding carboxylic acids is 1. The summed E-state index contributed by atoms with van der Waals surface area (Å²) in [5.74, 6) is -0.301. The maximum Gasteiger partial charge on any atom is 0.271 e. The van der Waals surface area contributed by atoms with E-state index in [1.54, 1.807) is 12.3 Å². The standard InChI is InChI=1S/C26H31N5O2/c1-27-12-13-28-22-7-5-6-20(16-22)21-17-24(26(33)29-18-21)30-25(32)19-8-10-23(11-9-19)31-14-3-2-4-15-31/h5-11,16-18,27-28H,2-4,12-15H2,1H3,(H,29,33)(H,30,32). The summed E-state index contributed by atoms with van der Waals surface area (Å²) in [6, 6.07) is 17.3. The number of hydrogen-bond acceptors (Lipinski definition) is 5. The Morgan fingerprint density at radius 1 is 0.970 bits per heavy atom. The number of H-pyrrole nitrogens is 1. The fourth-order valence-corrected chi connectivity index (χ4v) is 4.05. The highest BCUT2D eigenvalue weighted by atomic mass is 16.2. The minimum absolute atomic E-state index is 0.228. The van der Waals surface area contributed by atoms with Crippen molar-refractivity contribution in [3.8, 4) is 11.1 Å². The topological polar surface area (TPSA) is 89.3 Å². The van der Waals surface area contributed by atoms with Crippen LogP contribution in [0.5, 0.6) is 0 Å². The first-order chi connectivity index (χ1) is 16.1. The van der Waals surface area contributed by atoms with Gasteiger partial charge in [0.25, 0.3) is 11.5 Å². The highest BCUT2D eigenvalue weighted by Crippen LogP contribution is 2.24. The van der Waals surface area contributed by atoms with Gasteiger partial charge in [-0.25, -0.2) is 0 Å². The minimum Gasteiger partial charge on any atom is -0.384 e. The molecule has 0 spiro atoms. The quantitative estimate of drug-likeness (QED) is 0.395. The van der Waals surface area contributed by atoms with Gasteiger partial charge in [0.15, 0.2) is 0 Å². The van der Waals surface area contributed by atoms with E-state index in [-0.39, 0.29) is 17.2 Å². The van der Waals surface area contributed by atoms with Crippen LogP contribution in [0.1, 0.15) is 29.6 Å². The lowest BCUT2D eigenvalue weighted by Crippen LogP contribution is -2.29. The number of piperidine rings is 1. The summed E-state index contributed by atoms with van der Waals surface area (Å²) in [4.78, 5) is 30.3. The predicted molar refractivity (Wildman–Crippen MR) is 135 cm³/mol. The van der Waals surface area contributed by atoms with Gasteiger partial charge in [0.2, 0.25) is 0 Å². The van der Waals surface area contributed by atoms with Gasteiger partial charge >= 0.3 is 0 Å².